The number of methoxy groups -OCH3 is 2. The molecule has 2 aromatic rings. The summed E-state index contributed by atoms with van der Waals surface area (Å²) in [6, 6.07) is 15.3. The van der Waals surface area contributed by atoms with Crippen LogP contribution in [-0.2, 0) is 69.1 Å². The van der Waals surface area contributed by atoms with Crippen LogP contribution in [0.1, 0.15) is 267 Å². The molecule has 26 heteroatoms. The minimum atomic E-state index is -0.243. The highest BCUT2D eigenvalue weighted by Crippen LogP contribution is 2.52. The molecule has 3 aliphatic carbocycles. The SMILES string of the molecule is C.C.C.C.C.C.C.C.CC(=O)C1C2CCC(CC2)N1C.CC(=O)C1CC2(CN1C)SCCS2.CC(=O)C1CC2CCCC2N1C.CC(=O)C1CC2CCCCC2N1C.CC(=O)C1CCCN1C.CC(=O)C1CN(C)C(=O)N1C.CC(=O)C1Cc2ccccc2CN1C.CC(=O)[C@@H]1SC(C(C)(C)C)=NN1C.COc1cc2c(cc1OC)CN(C)C(C(C)=O)C2. The van der Waals surface area contributed by atoms with Crippen molar-refractivity contribution in [3.05, 3.63) is 58.7 Å². The van der Waals surface area contributed by atoms with Crippen LogP contribution in [0.3, 0.4) is 0 Å². The van der Waals surface area contributed by atoms with Gasteiger partial charge in [0.2, 0.25) is 0 Å². The van der Waals surface area contributed by atoms with Gasteiger partial charge in [0.15, 0.2) is 28.4 Å². The Morgan fingerprint density at radius 1 is 0.447 bits per heavy atom. The van der Waals surface area contributed by atoms with E-state index in [1.54, 1.807) is 105 Å². The normalized spacial score (nSPS) is 27.9. The number of hydrogen-bond acceptors (Lipinski definition) is 24. The molecule has 14 aliphatic rings. The molecular weight excluding hydrogens is 1610 g/mol. The van der Waals surface area contributed by atoms with E-state index in [1.165, 1.54) is 123 Å². The van der Waals surface area contributed by atoms with Gasteiger partial charge in [0.1, 0.15) is 51.6 Å². The number of benzene rings is 2. The molecule has 1 spiro atoms. The Kier molecular flexibility index (Phi) is 52.7. The average molecular weight is 1780 g/mol. The Morgan fingerprint density at radius 2 is 0.886 bits per heavy atom. The summed E-state index contributed by atoms with van der Waals surface area (Å²) in [6.45, 7) is 25.7. The number of nitrogens with zero attached hydrogens (tertiary/aromatic N) is 11. The van der Waals surface area contributed by atoms with Crippen molar-refractivity contribution in [1.29, 1.82) is 0 Å². The largest absolute Gasteiger partial charge is 0.493 e. The molecule has 0 radical (unpaired) electrons. The molecule has 16 rings (SSSR count). The molecule has 23 nitrogen and oxygen atoms in total. The predicted octanol–water partition coefficient (Wildman–Crippen LogP) is 17.1. The summed E-state index contributed by atoms with van der Waals surface area (Å²) in [5.74, 6) is 8.67. The molecule has 8 saturated heterocycles. The molecular formula is C97H175N11O12S3. The zero-order valence-electron chi connectivity index (χ0n) is 74.3. The van der Waals surface area contributed by atoms with Crippen molar-refractivity contribution < 1.29 is 57.4 Å². The molecule has 708 valence electrons. The van der Waals surface area contributed by atoms with Gasteiger partial charge in [0.05, 0.1) is 60.6 Å². The van der Waals surface area contributed by atoms with E-state index < -0.39 is 0 Å². The van der Waals surface area contributed by atoms with Gasteiger partial charge in [0.25, 0.3) is 0 Å². The van der Waals surface area contributed by atoms with Crippen LogP contribution in [0, 0.1) is 23.2 Å². The van der Waals surface area contributed by atoms with Gasteiger partial charge < -0.3 is 19.3 Å². The van der Waals surface area contributed by atoms with Gasteiger partial charge in [-0.05, 0) is 267 Å². The first-order valence-electron chi connectivity index (χ1n) is 42.1. The van der Waals surface area contributed by atoms with Crippen molar-refractivity contribution in [2.45, 2.75) is 347 Å². The van der Waals surface area contributed by atoms with Gasteiger partial charge in [0, 0.05) is 82.4 Å². The molecule has 3 saturated carbocycles. The summed E-state index contributed by atoms with van der Waals surface area (Å²) in [7, 11) is 22.9. The average Bonchev–Trinajstić information content (AvgIpc) is 1.46. The molecule has 123 heavy (non-hydrogen) atoms. The Bertz CT molecular complexity index is 3700. The smallest absolute Gasteiger partial charge is 0.320 e. The summed E-state index contributed by atoms with van der Waals surface area (Å²) in [5.41, 5.74) is 5.10. The number of carbonyl (C=O) groups excluding carboxylic acids is 10. The van der Waals surface area contributed by atoms with Gasteiger partial charge in [-0.3, -0.25) is 82.5 Å². The zero-order chi connectivity index (χ0) is 85.4. The Balaban J connectivity index is 0. The van der Waals surface area contributed by atoms with Crippen LogP contribution >= 0.6 is 35.3 Å². The quantitative estimate of drug-likeness (QED) is 0.203. The van der Waals surface area contributed by atoms with Crippen molar-refractivity contribution >= 4 is 98.4 Å². The first-order chi connectivity index (χ1) is 54.0. The number of carbonyl (C=O) groups is 10. The van der Waals surface area contributed by atoms with Crippen molar-refractivity contribution in [3.63, 3.8) is 0 Å². The number of ether oxygens (including phenoxy) is 2. The lowest BCUT2D eigenvalue weighted by atomic mass is 9.74. The van der Waals surface area contributed by atoms with E-state index in [9.17, 15) is 47.9 Å². The molecule has 13 atom stereocenters. The number of amides is 2. The molecule has 2 bridgehead atoms. The lowest BCUT2D eigenvalue weighted by Crippen LogP contribution is -2.55. The molecule has 2 amide bonds. The van der Waals surface area contributed by atoms with Crippen LogP contribution in [0.15, 0.2) is 41.5 Å². The number of thioether (sulfide) groups is 3. The topological polar surface area (TPSA) is 234 Å². The summed E-state index contributed by atoms with van der Waals surface area (Å²) >= 11 is 5.65. The third-order valence-corrected chi connectivity index (χ3v) is 31.4. The van der Waals surface area contributed by atoms with Crippen LogP contribution in [0.5, 0.6) is 11.5 Å². The number of rotatable bonds is 11. The number of Topliss-reactive ketones (excluding diaryl/α,β-unsaturated/α-hetero) is 9. The fourth-order valence-electron chi connectivity index (χ4n) is 19.6. The number of likely N-dealkylation sites (tertiary alicyclic amines) is 4. The maximum absolute atomic E-state index is 11.6. The fraction of sp³-hybridized carbons (Fsp3) is 0.763. The number of likely N-dealkylation sites (N-methyl/N-ethyl adjacent to an activating group) is 10. The van der Waals surface area contributed by atoms with Crippen molar-refractivity contribution in [1.82, 2.24) is 49.1 Å². The number of hydrazone groups is 1. The Morgan fingerprint density at radius 3 is 1.24 bits per heavy atom. The molecule has 2 aromatic carbocycles. The molecule has 0 aromatic heterocycles. The Labute approximate surface area is 761 Å². The number of fused-ring (bicyclic) bond motifs is 7. The second-order valence-corrected chi connectivity index (χ2v) is 40.0. The van der Waals surface area contributed by atoms with Gasteiger partial charge in [-0.25, -0.2) is 4.79 Å². The lowest BCUT2D eigenvalue weighted by molar-refractivity contribution is -0.129. The van der Waals surface area contributed by atoms with E-state index >= 15 is 0 Å². The van der Waals surface area contributed by atoms with E-state index in [0.29, 0.717) is 57.5 Å². The van der Waals surface area contributed by atoms with Crippen LogP contribution in [0.25, 0.3) is 0 Å². The Hall–Kier alpha value is -5.42. The second-order valence-electron chi connectivity index (χ2n) is 35.8. The second kappa shape index (κ2) is 54.2. The zero-order valence-corrected chi connectivity index (χ0v) is 76.8. The lowest BCUT2D eigenvalue weighted by Gasteiger charge is -2.48. The summed E-state index contributed by atoms with van der Waals surface area (Å²) in [5, 5.41) is 7.02. The summed E-state index contributed by atoms with van der Waals surface area (Å²) in [6.07, 6.45) is 21.7. The van der Waals surface area contributed by atoms with Crippen LogP contribution < -0.4 is 9.47 Å². The summed E-state index contributed by atoms with van der Waals surface area (Å²) in [4.78, 5) is 131. The molecule has 11 heterocycles. The molecule has 0 N–H and O–H groups in total. The van der Waals surface area contributed by atoms with E-state index in [1.807, 2.05) is 69.9 Å². The van der Waals surface area contributed by atoms with Gasteiger partial charge in [-0.15, -0.1) is 23.5 Å². The standard InChI is InChI=1S/C14H19NO3.C12H15NO.C11H19NO.2C10H17NO.C9H16N2OS.C9H15NOS2.C7H12N2O2.C7H13NO.8CH4/c1-9(16)12-5-10-6-13(17-3)14(18-4)7-11(10)8-15(12)2;1-9(14)12-7-10-5-3-4-6-11(10)8-13(12)2;1-8(13)11-7-9-5-3-4-6-10(9)12(11)2;1-7(12)10-8-3-5-9(6-4-8)11(10)2;1-7(12)10-6-8-4-3-5-9(8)11(10)2;1-6(12)7-11(5)10-8(13-7)9(2,3)4;1-7(11)8-5-9(6-10(8)2)12-3-4-13-9;1-5(10)6-4-8(2)7(11)9(6)3;1-6(9)7-4-3-5-8(7)2;;;;;;;;/h6-7,12H,5,8H2,1-4H3;3-6,12H,7-8H2,1-2H3;9-11H,3-7H2,1-2H3;2*8-10H,3-6H2,1-2H3;7H,1-5H3;8H,3-6H2,1-2H3;6H,4H2,1-3H3;7H,3-5H2,1-2H3;8*1H4/t;;;;;7-;;;;;;;;;;;/m.....0.........../s1. The van der Waals surface area contributed by atoms with Crippen molar-refractivity contribution in [2.75, 3.05) is 116 Å². The van der Waals surface area contributed by atoms with E-state index in [0.717, 1.165) is 99.1 Å². The number of ketones is 9. The van der Waals surface area contributed by atoms with Crippen LogP contribution in [-0.4, -0.2) is 304 Å². The monoisotopic (exact) mass is 1780 g/mol. The number of urea groups is 1. The van der Waals surface area contributed by atoms with E-state index in [2.05, 4.69) is 107 Å². The maximum atomic E-state index is 11.6. The highest BCUT2D eigenvalue weighted by Gasteiger charge is 2.48. The molecule has 12 unspecified atom stereocenters. The minimum Gasteiger partial charge on any atom is -0.493 e. The fourth-order valence-corrected chi connectivity index (χ4v) is 24.1. The third kappa shape index (κ3) is 31.7. The number of piperidine rings is 2. The highest BCUT2D eigenvalue weighted by molar-refractivity contribution is 8.21. The maximum Gasteiger partial charge on any atom is 0.320 e. The molecule has 11 fully saturated rings. The van der Waals surface area contributed by atoms with E-state index in [4.69, 9.17) is 9.47 Å². The van der Waals surface area contributed by atoms with Gasteiger partial charge in [-0.1, -0.05) is 135 Å². The molecule has 11 aliphatic heterocycles. The van der Waals surface area contributed by atoms with Gasteiger partial charge >= 0.3 is 6.03 Å². The van der Waals surface area contributed by atoms with E-state index in [-0.39, 0.29) is 148 Å². The first kappa shape index (κ1) is 120. The minimum absolute atomic E-state index is 0. The predicted molar refractivity (Wildman–Crippen MR) is 520 cm³/mol. The third-order valence-electron chi connectivity index (χ3n) is 26.2. The van der Waals surface area contributed by atoms with Crippen LogP contribution in [0.2, 0.25) is 0 Å². The first-order valence-corrected chi connectivity index (χ1v) is 45.0. The van der Waals surface area contributed by atoms with Gasteiger partial charge in [-0.2, -0.15) is 5.10 Å². The number of hydrogen-bond donors (Lipinski definition) is 0. The summed E-state index contributed by atoms with van der Waals surface area (Å²) < 4.78 is 11.0. The van der Waals surface area contributed by atoms with Crippen molar-refractivity contribution in [2.24, 2.45) is 28.3 Å². The van der Waals surface area contributed by atoms with Crippen LogP contribution in [0.4, 0.5) is 4.79 Å². The highest BCUT2D eigenvalue weighted by atomic mass is 32.2. The van der Waals surface area contributed by atoms with Crippen molar-refractivity contribution in [3.8, 4) is 11.5 Å².